The summed E-state index contributed by atoms with van der Waals surface area (Å²) in [5, 5.41) is -0.141. The molecular formula is C13H14BrClO3. The SMILES string of the molecule is COC(=O)Cc1c(CBr)cccc1C(Cl)C(C)=O. The van der Waals surface area contributed by atoms with Crippen molar-refractivity contribution in [2.24, 2.45) is 0 Å². The van der Waals surface area contributed by atoms with Gasteiger partial charge in [0.2, 0.25) is 0 Å². The van der Waals surface area contributed by atoms with E-state index in [1.54, 1.807) is 6.07 Å². The molecule has 0 saturated carbocycles. The van der Waals surface area contributed by atoms with Gasteiger partial charge in [0.05, 0.1) is 13.5 Å². The minimum absolute atomic E-state index is 0.115. The number of halogens is 2. The van der Waals surface area contributed by atoms with E-state index in [4.69, 9.17) is 11.6 Å². The van der Waals surface area contributed by atoms with Crippen LogP contribution in [0, 0.1) is 0 Å². The van der Waals surface area contributed by atoms with Crippen LogP contribution in [0.25, 0.3) is 0 Å². The number of carbonyl (C=O) groups excluding carboxylic acids is 2. The highest BCUT2D eigenvalue weighted by Gasteiger charge is 2.20. The molecule has 18 heavy (non-hydrogen) atoms. The molecule has 0 aromatic heterocycles. The quantitative estimate of drug-likeness (QED) is 0.614. The van der Waals surface area contributed by atoms with Crippen molar-refractivity contribution in [3.05, 3.63) is 34.9 Å². The summed E-state index contributed by atoms with van der Waals surface area (Å²) in [7, 11) is 1.34. The summed E-state index contributed by atoms with van der Waals surface area (Å²) in [6.45, 7) is 1.43. The largest absolute Gasteiger partial charge is 0.469 e. The maximum absolute atomic E-state index is 11.4. The van der Waals surface area contributed by atoms with Crippen LogP contribution in [-0.2, 0) is 26.1 Å². The Balaban J connectivity index is 3.24. The Hall–Kier alpha value is -0.870. The lowest BCUT2D eigenvalue weighted by Crippen LogP contribution is -2.12. The zero-order valence-corrected chi connectivity index (χ0v) is 12.5. The Kier molecular flexibility index (Phi) is 5.82. The van der Waals surface area contributed by atoms with Crippen LogP contribution in [0.2, 0.25) is 0 Å². The van der Waals surface area contributed by atoms with Crippen molar-refractivity contribution in [3.63, 3.8) is 0 Å². The number of Topliss-reactive ketones (excluding diaryl/α,β-unsaturated/α-hetero) is 1. The van der Waals surface area contributed by atoms with Crippen LogP contribution in [-0.4, -0.2) is 18.9 Å². The summed E-state index contributed by atoms with van der Waals surface area (Å²) in [6, 6.07) is 5.48. The molecule has 0 aliphatic rings. The maximum Gasteiger partial charge on any atom is 0.309 e. The van der Waals surface area contributed by atoms with E-state index in [0.29, 0.717) is 10.9 Å². The van der Waals surface area contributed by atoms with E-state index in [1.165, 1.54) is 14.0 Å². The Morgan fingerprint density at radius 1 is 1.44 bits per heavy atom. The second-order valence-corrected chi connectivity index (χ2v) is 4.84. The van der Waals surface area contributed by atoms with Gasteiger partial charge < -0.3 is 4.74 Å². The summed E-state index contributed by atoms with van der Waals surface area (Å²) in [5.41, 5.74) is 2.37. The molecule has 5 heteroatoms. The van der Waals surface area contributed by atoms with E-state index in [9.17, 15) is 9.59 Å². The van der Waals surface area contributed by atoms with Crippen LogP contribution >= 0.6 is 27.5 Å². The zero-order valence-electron chi connectivity index (χ0n) is 10.2. The van der Waals surface area contributed by atoms with Crippen molar-refractivity contribution >= 4 is 39.3 Å². The molecule has 0 aliphatic carbocycles. The number of hydrogen-bond acceptors (Lipinski definition) is 3. The Bertz CT molecular complexity index is 460. The number of esters is 1. The normalized spacial score (nSPS) is 12.0. The molecule has 0 radical (unpaired) electrons. The molecule has 1 unspecified atom stereocenters. The third-order valence-electron chi connectivity index (χ3n) is 2.63. The van der Waals surface area contributed by atoms with Gasteiger partial charge >= 0.3 is 5.97 Å². The minimum atomic E-state index is -0.733. The zero-order chi connectivity index (χ0) is 13.7. The Labute approximate surface area is 120 Å². The number of carbonyl (C=O) groups is 2. The van der Waals surface area contributed by atoms with E-state index in [1.807, 2.05) is 12.1 Å². The number of benzene rings is 1. The lowest BCUT2D eigenvalue weighted by Gasteiger charge is -2.15. The standard InChI is InChI=1S/C13H14BrClO3/c1-8(16)13(15)10-5-3-4-9(7-14)11(10)6-12(17)18-2/h3-5,13H,6-7H2,1-2H3. The van der Waals surface area contributed by atoms with Crippen LogP contribution in [0.1, 0.15) is 29.0 Å². The fourth-order valence-corrected chi connectivity index (χ4v) is 2.40. The summed E-state index contributed by atoms with van der Waals surface area (Å²) in [5.74, 6) is -0.494. The summed E-state index contributed by atoms with van der Waals surface area (Å²) >= 11 is 9.45. The minimum Gasteiger partial charge on any atom is -0.469 e. The average Bonchev–Trinajstić information content (AvgIpc) is 2.37. The number of ether oxygens (including phenoxy) is 1. The molecule has 0 aliphatic heterocycles. The van der Waals surface area contributed by atoms with Crippen LogP contribution in [0.3, 0.4) is 0 Å². The molecule has 1 aromatic rings. The summed E-state index contributed by atoms with van der Waals surface area (Å²) < 4.78 is 4.67. The van der Waals surface area contributed by atoms with Crippen molar-refractivity contribution in [2.75, 3.05) is 7.11 Å². The third kappa shape index (κ3) is 3.56. The fraction of sp³-hybridized carbons (Fsp3) is 0.385. The molecule has 0 saturated heterocycles. The highest BCUT2D eigenvalue weighted by Crippen LogP contribution is 2.29. The van der Waals surface area contributed by atoms with E-state index in [0.717, 1.165) is 11.1 Å². The molecule has 98 valence electrons. The van der Waals surface area contributed by atoms with Crippen molar-refractivity contribution in [1.82, 2.24) is 0 Å². The van der Waals surface area contributed by atoms with E-state index in [-0.39, 0.29) is 18.2 Å². The van der Waals surface area contributed by atoms with Gasteiger partial charge in [-0.15, -0.1) is 11.6 Å². The number of ketones is 1. The predicted molar refractivity (Wildman–Crippen MR) is 74.1 cm³/mol. The molecule has 1 atom stereocenters. The third-order valence-corrected chi connectivity index (χ3v) is 3.78. The van der Waals surface area contributed by atoms with Crippen LogP contribution in [0.15, 0.2) is 18.2 Å². The van der Waals surface area contributed by atoms with Gasteiger partial charge in [-0.1, -0.05) is 34.1 Å². The second-order valence-electron chi connectivity index (χ2n) is 3.84. The van der Waals surface area contributed by atoms with Gasteiger partial charge in [0.25, 0.3) is 0 Å². The lowest BCUT2D eigenvalue weighted by atomic mass is 9.95. The average molecular weight is 334 g/mol. The van der Waals surface area contributed by atoms with Crippen LogP contribution in [0.4, 0.5) is 0 Å². The van der Waals surface area contributed by atoms with E-state index < -0.39 is 5.38 Å². The van der Waals surface area contributed by atoms with E-state index in [2.05, 4.69) is 20.7 Å². The van der Waals surface area contributed by atoms with Gasteiger partial charge in [-0.2, -0.15) is 0 Å². The molecule has 3 nitrogen and oxygen atoms in total. The predicted octanol–water partition coefficient (Wildman–Crippen LogP) is 3.17. The van der Waals surface area contributed by atoms with Gasteiger partial charge in [-0.05, 0) is 23.6 Å². The fourth-order valence-electron chi connectivity index (χ4n) is 1.67. The highest BCUT2D eigenvalue weighted by molar-refractivity contribution is 9.08. The van der Waals surface area contributed by atoms with Gasteiger partial charge in [0.1, 0.15) is 5.38 Å². The van der Waals surface area contributed by atoms with Crippen molar-refractivity contribution in [3.8, 4) is 0 Å². The van der Waals surface area contributed by atoms with Gasteiger partial charge in [0, 0.05) is 5.33 Å². The first-order chi connectivity index (χ1) is 8.51. The van der Waals surface area contributed by atoms with Gasteiger partial charge in [-0.25, -0.2) is 0 Å². The summed E-state index contributed by atoms with van der Waals surface area (Å²) in [6.07, 6.45) is 0.115. The van der Waals surface area contributed by atoms with Crippen LogP contribution < -0.4 is 0 Å². The number of rotatable bonds is 5. The highest BCUT2D eigenvalue weighted by atomic mass is 79.9. The van der Waals surface area contributed by atoms with Crippen molar-refractivity contribution in [1.29, 1.82) is 0 Å². The first kappa shape index (κ1) is 15.2. The molecule has 0 fully saturated rings. The molecule has 1 aromatic carbocycles. The maximum atomic E-state index is 11.4. The van der Waals surface area contributed by atoms with E-state index >= 15 is 0 Å². The first-order valence-electron chi connectivity index (χ1n) is 5.39. The van der Waals surface area contributed by atoms with Crippen molar-refractivity contribution in [2.45, 2.75) is 24.1 Å². The summed E-state index contributed by atoms with van der Waals surface area (Å²) in [4.78, 5) is 22.8. The Morgan fingerprint density at radius 3 is 2.61 bits per heavy atom. The van der Waals surface area contributed by atoms with Gasteiger partial charge in [-0.3, -0.25) is 9.59 Å². The molecule has 0 amide bonds. The molecular weight excluding hydrogens is 319 g/mol. The number of hydrogen-bond donors (Lipinski definition) is 0. The molecule has 0 heterocycles. The van der Waals surface area contributed by atoms with Crippen LogP contribution in [0.5, 0.6) is 0 Å². The number of methoxy groups -OCH3 is 1. The lowest BCUT2D eigenvalue weighted by molar-refractivity contribution is -0.139. The van der Waals surface area contributed by atoms with Crippen molar-refractivity contribution < 1.29 is 14.3 Å². The number of alkyl halides is 2. The van der Waals surface area contributed by atoms with Gasteiger partial charge in [0.15, 0.2) is 5.78 Å². The molecule has 0 N–H and O–H groups in total. The molecule has 0 bridgehead atoms. The molecule has 0 spiro atoms. The monoisotopic (exact) mass is 332 g/mol. The first-order valence-corrected chi connectivity index (χ1v) is 6.95. The topological polar surface area (TPSA) is 43.4 Å². The second kappa shape index (κ2) is 6.90. The molecule has 1 rings (SSSR count). The Morgan fingerprint density at radius 2 is 2.11 bits per heavy atom. The smallest absolute Gasteiger partial charge is 0.309 e.